The van der Waals surface area contributed by atoms with Crippen molar-refractivity contribution in [2.75, 3.05) is 12.8 Å². The molecule has 0 spiro atoms. The van der Waals surface area contributed by atoms with Crippen molar-refractivity contribution in [3.8, 4) is 0 Å². The molecule has 1 rings (SSSR count). The Morgan fingerprint density at radius 2 is 1.73 bits per heavy atom. The number of hydrogen-bond acceptors (Lipinski definition) is 5. The molecule has 0 aliphatic carbocycles. The van der Waals surface area contributed by atoms with E-state index in [-0.39, 0.29) is 17.4 Å². The fourth-order valence-corrected chi connectivity index (χ4v) is 2.06. The highest BCUT2D eigenvalue weighted by atomic mass is 16.5. The van der Waals surface area contributed by atoms with Crippen molar-refractivity contribution in [3.63, 3.8) is 0 Å². The number of carbonyl (C=O) groups excluding carboxylic acids is 2. The van der Waals surface area contributed by atoms with Gasteiger partial charge in [0.15, 0.2) is 0 Å². The van der Waals surface area contributed by atoms with E-state index in [0.717, 1.165) is 11.1 Å². The fraction of sp³-hybridized carbons (Fsp3) is 0.250. The SMILES string of the molecule is C/C=C(\N=C(/C)C(=O)OC)NC(=O)/C(C)=C/C(=C\C)c1ccc(N)cc1. The van der Waals surface area contributed by atoms with Crippen molar-refractivity contribution in [2.24, 2.45) is 4.99 Å². The molecule has 0 bridgehead atoms. The highest BCUT2D eigenvalue weighted by Crippen LogP contribution is 2.19. The number of allylic oxidation sites excluding steroid dienone is 4. The molecular formula is C20H25N3O3. The van der Waals surface area contributed by atoms with Gasteiger partial charge in [-0.1, -0.05) is 18.2 Å². The normalized spacial score (nSPS) is 13.4. The lowest BCUT2D eigenvalue weighted by atomic mass is 10.0. The summed E-state index contributed by atoms with van der Waals surface area (Å²) in [5.41, 5.74) is 8.89. The van der Waals surface area contributed by atoms with Crippen LogP contribution in [0.3, 0.4) is 0 Å². The van der Waals surface area contributed by atoms with E-state index in [1.165, 1.54) is 14.0 Å². The molecule has 6 heteroatoms. The molecule has 0 radical (unpaired) electrons. The van der Waals surface area contributed by atoms with Crippen LogP contribution in [-0.4, -0.2) is 24.7 Å². The first kappa shape index (κ1) is 20.9. The lowest BCUT2D eigenvalue weighted by Crippen LogP contribution is -2.24. The first-order valence-electron chi connectivity index (χ1n) is 8.14. The van der Waals surface area contributed by atoms with Gasteiger partial charge in [0.25, 0.3) is 5.91 Å². The number of ether oxygens (including phenoxy) is 1. The second-order valence-corrected chi connectivity index (χ2v) is 5.51. The van der Waals surface area contributed by atoms with Crippen LogP contribution in [0.2, 0.25) is 0 Å². The molecule has 0 saturated carbocycles. The zero-order valence-electron chi connectivity index (χ0n) is 15.8. The van der Waals surface area contributed by atoms with E-state index >= 15 is 0 Å². The van der Waals surface area contributed by atoms with Gasteiger partial charge >= 0.3 is 5.97 Å². The third kappa shape index (κ3) is 6.05. The van der Waals surface area contributed by atoms with Gasteiger partial charge in [0.2, 0.25) is 0 Å². The second-order valence-electron chi connectivity index (χ2n) is 5.51. The average Bonchev–Trinajstić information content (AvgIpc) is 2.65. The van der Waals surface area contributed by atoms with Crippen molar-refractivity contribution < 1.29 is 14.3 Å². The van der Waals surface area contributed by atoms with Crippen molar-refractivity contribution in [2.45, 2.75) is 27.7 Å². The maximum Gasteiger partial charge on any atom is 0.352 e. The Labute approximate surface area is 154 Å². The van der Waals surface area contributed by atoms with E-state index in [1.54, 1.807) is 26.0 Å². The Morgan fingerprint density at radius 3 is 2.23 bits per heavy atom. The largest absolute Gasteiger partial charge is 0.465 e. The number of esters is 1. The van der Waals surface area contributed by atoms with Crippen LogP contribution >= 0.6 is 0 Å². The summed E-state index contributed by atoms with van der Waals surface area (Å²) in [4.78, 5) is 27.9. The van der Waals surface area contributed by atoms with Crippen LogP contribution in [0.25, 0.3) is 5.57 Å². The molecule has 0 aliphatic heterocycles. The van der Waals surface area contributed by atoms with E-state index in [4.69, 9.17) is 5.73 Å². The lowest BCUT2D eigenvalue weighted by molar-refractivity contribution is -0.132. The van der Waals surface area contributed by atoms with Crippen molar-refractivity contribution in [3.05, 3.63) is 59.5 Å². The molecule has 26 heavy (non-hydrogen) atoms. The molecule has 0 heterocycles. The summed E-state index contributed by atoms with van der Waals surface area (Å²) in [7, 11) is 1.28. The minimum Gasteiger partial charge on any atom is -0.465 e. The number of amides is 1. The molecule has 1 amide bonds. The van der Waals surface area contributed by atoms with E-state index in [2.05, 4.69) is 15.0 Å². The van der Waals surface area contributed by atoms with Crippen molar-refractivity contribution in [1.82, 2.24) is 5.32 Å². The number of nitrogens with zero attached hydrogens (tertiary/aromatic N) is 1. The predicted molar refractivity (Wildman–Crippen MR) is 105 cm³/mol. The van der Waals surface area contributed by atoms with Gasteiger partial charge < -0.3 is 15.8 Å². The third-order valence-corrected chi connectivity index (χ3v) is 3.57. The summed E-state index contributed by atoms with van der Waals surface area (Å²) >= 11 is 0. The number of carbonyl (C=O) groups is 2. The summed E-state index contributed by atoms with van der Waals surface area (Å²) in [6, 6.07) is 7.41. The number of rotatable bonds is 6. The Balaban J connectivity index is 2.95. The fourth-order valence-electron chi connectivity index (χ4n) is 2.06. The zero-order valence-corrected chi connectivity index (χ0v) is 15.8. The first-order valence-corrected chi connectivity index (χ1v) is 8.14. The molecule has 3 N–H and O–H groups in total. The smallest absolute Gasteiger partial charge is 0.352 e. The predicted octanol–water partition coefficient (Wildman–Crippen LogP) is 3.23. The molecule has 138 valence electrons. The quantitative estimate of drug-likeness (QED) is 0.269. The monoisotopic (exact) mass is 355 g/mol. The van der Waals surface area contributed by atoms with Crippen molar-refractivity contribution >= 4 is 28.8 Å². The molecule has 1 aromatic rings. The number of aliphatic imine (C=N–C) groups is 1. The van der Waals surface area contributed by atoms with Gasteiger partial charge in [-0.25, -0.2) is 9.79 Å². The van der Waals surface area contributed by atoms with Gasteiger partial charge in [0, 0.05) is 11.3 Å². The number of nitrogen functional groups attached to an aromatic ring is 1. The zero-order chi connectivity index (χ0) is 19.7. The maximum atomic E-state index is 12.4. The number of nitrogens with one attached hydrogen (secondary N) is 1. The molecule has 0 unspecified atom stereocenters. The van der Waals surface area contributed by atoms with Crippen LogP contribution < -0.4 is 11.1 Å². The minimum atomic E-state index is -0.551. The summed E-state index contributed by atoms with van der Waals surface area (Å²) in [5.74, 6) is -0.583. The average molecular weight is 355 g/mol. The second kappa shape index (κ2) is 9.98. The highest BCUT2D eigenvalue weighted by molar-refractivity contribution is 6.35. The maximum absolute atomic E-state index is 12.4. The number of anilines is 1. The molecule has 0 aromatic heterocycles. The Morgan fingerprint density at radius 1 is 1.12 bits per heavy atom. The van der Waals surface area contributed by atoms with Crippen molar-refractivity contribution in [1.29, 1.82) is 0 Å². The molecule has 6 nitrogen and oxygen atoms in total. The van der Waals surface area contributed by atoms with Crippen LogP contribution in [0.1, 0.15) is 33.3 Å². The van der Waals surface area contributed by atoms with E-state index in [0.29, 0.717) is 11.3 Å². The summed E-state index contributed by atoms with van der Waals surface area (Å²) < 4.78 is 4.60. The number of methoxy groups -OCH3 is 1. The van der Waals surface area contributed by atoms with E-state index in [1.807, 2.05) is 37.3 Å². The van der Waals surface area contributed by atoms with Crippen LogP contribution in [0, 0.1) is 0 Å². The van der Waals surface area contributed by atoms with Crippen LogP contribution in [-0.2, 0) is 14.3 Å². The van der Waals surface area contributed by atoms with E-state index in [9.17, 15) is 9.59 Å². The number of benzene rings is 1. The molecule has 0 saturated heterocycles. The van der Waals surface area contributed by atoms with Gasteiger partial charge in [-0.3, -0.25) is 4.79 Å². The Hall–Kier alpha value is -3.15. The van der Waals surface area contributed by atoms with Gasteiger partial charge in [0.1, 0.15) is 11.5 Å². The topological polar surface area (TPSA) is 93.8 Å². The van der Waals surface area contributed by atoms with E-state index < -0.39 is 5.97 Å². The summed E-state index contributed by atoms with van der Waals surface area (Å²) in [6.07, 6.45) is 5.30. The van der Waals surface area contributed by atoms with Gasteiger partial charge in [-0.05, 0) is 63.1 Å². The Kier molecular flexibility index (Phi) is 8.02. The molecule has 1 aromatic carbocycles. The standard InChI is InChI=1S/C20H25N3O3/c1-6-15(16-8-10-17(21)11-9-16)12-13(3)19(24)23-18(7-2)22-14(4)20(25)26-5/h6-12H,21H2,1-5H3,(H,23,24)/b13-12+,15-6+,18-7+,22-14+. The number of nitrogens with two attached hydrogens (primary N) is 1. The summed E-state index contributed by atoms with van der Waals surface area (Å²) in [6.45, 7) is 6.84. The van der Waals surface area contributed by atoms with Crippen LogP contribution in [0.15, 0.2) is 58.9 Å². The minimum absolute atomic E-state index is 0.151. The van der Waals surface area contributed by atoms with Gasteiger partial charge in [-0.2, -0.15) is 0 Å². The summed E-state index contributed by atoms with van der Waals surface area (Å²) in [5, 5.41) is 2.68. The highest BCUT2D eigenvalue weighted by Gasteiger charge is 2.10. The Bertz CT molecular complexity index is 785. The van der Waals surface area contributed by atoms with Gasteiger partial charge in [0.05, 0.1) is 7.11 Å². The molecular weight excluding hydrogens is 330 g/mol. The molecule has 0 atom stereocenters. The molecule has 0 fully saturated rings. The first-order chi connectivity index (χ1) is 12.3. The van der Waals surface area contributed by atoms with Crippen LogP contribution in [0.5, 0.6) is 0 Å². The van der Waals surface area contributed by atoms with Crippen LogP contribution in [0.4, 0.5) is 5.69 Å². The molecule has 0 aliphatic rings. The lowest BCUT2D eigenvalue weighted by Gasteiger charge is -2.08. The number of hydrogen-bond donors (Lipinski definition) is 2. The third-order valence-electron chi connectivity index (χ3n) is 3.57. The van der Waals surface area contributed by atoms with Gasteiger partial charge in [-0.15, -0.1) is 0 Å².